The molecule has 0 spiro atoms. The van der Waals surface area contributed by atoms with Crippen molar-refractivity contribution in [2.24, 2.45) is 0 Å². The first-order valence-corrected chi connectivity index (χ1v) is 13.3. The summed E-state index contributed by atoms with van der Waals surface area (Å²) in [5.74, 6) is -1.34. The Morgan fingerprint density at radius 2 is 1.34 bits per heavy atom. The minimum Gasteiger partial charge on any atom is -0.478 e. The molecule has 9 heteroatoms. The van der Waals surface area contributed by atoms with Crippen molar-refractivity contribution in [3.63, 3.8) is 0 Å². The number of aryl methyl sites for hydroxylation is 3. The second kappa shape index (κ2) is 11.1. The SMILES string of the molecule is Cc1ccc(S(=O)(=O)OCC(c2ccccc2)(c2ccccc2)C(Oc2nc(C)cc(C)n2)C(=O)O)cc1. The highest BCUT2D eigenvalue weighted by molar-refractivity contribution is 7.86. The lowest BCUT2D eigenvalue weighted by molar-refractivity contribution is -0.149. The molecule has 196 valence electrons. The van der Waals surface area contributed by atoms with Crippen molar-refractivity contribution in [1.29, 1.82) is 0 Å². The van der Waals surface area contributed by atoms with Crippen LogP contribution in [0.1, 0.15) is 28.1 Å². The molecule has 1 aromatic heterocycles. The molecule has 1 heterocycles. The third kappa shape index (κ3) is 5.74. The van der Waals surface area contributed by atoms with Gasteiger partial charge in [-0.1, -0.05) is 78.4 Å². The second-order valence-electron chi connectivity index (χ2n) is 9.00. The lowest BCUT2D eigenvalue weighted by atomic mass is 9.70. The first-order chi connectivity index (χ1) is 18.1. The molecule has 1 atom stereocenters. The number of nitrogens with zero attached hydrogens (tertiary/aromatic N) is 2. The summed E-state index contributed by atoms with van der Waals surface area (Å²) in [7, 11) is -4.25. The maximum atomic E-state index is 13.3. The highest BCUT2D eigenvalue weighted by atomic mass is 32.2. The van der Waals surface area contributed by atoms with Crippen molar-refractivity contribution < 1.29 is 27.2 Å². The van der Waals surface area contributed by atoms with Gasteiger partial charge < -0.3 is 9.84 Å². The first-order valence-electron chi connectivity index (χ1n) is 11.9. The summed E-state index contributed by atoms with van der Waals surface area (Å²) in [4.78, 5) is 21.4. The fourth-order valence-electron chi connectivity index (χ4n) is 4.34. The molecule has 0 fully saturated rings. The topological polar surface area (TPSA) is 116 Å². The zero-order chi connectivity index (χ0) is 27.3. The van der Waals surface area contributed by atoms with Crippen LogP contribution in [0.15, 0.2) is 95.9 Å². The van der Waals surface area contributed by atoms with E-state index in [1.165, 1.54) is 12.1 Å². The van der Waals surface area contributed by atoms with Crippen LogP contribution in [0.3, 0.4) is 0 Å². The van der Waals surface area contributed by atoms with Gasteiger partial charge in [-0.2, -0.15) is 8.42 Å². The first kappa shape index (κ1) is 27.0. The van der Waals surface area contributed by atoms with Gasteiger partial charge in [0.1, 0.15) is 0 Å². The van der Waals surface area contributed by atoms with E-state index in [4.69, 9.17) is 8.92 Å². The quantitative estimate of drug-likeness (QED) is 0.294. The molecule has 0 bridgehead atoms. The van der Waals surface area contributed by atoms with E-state index in [0.717, 1.165) is 5.56 Å². The number of benzene rings is 3. The highest BCUT2D eigenvalue weighted by Crippen LogP contribution is 2.39. The molecule has 0 aliphatic carbocycles. The Balaban J connectivity index is 1.90. The molecule has 1 N–H and O–H groups in total. The van der Waals surface area contributed by atoms with Crippen molar-refractivity contribution in [1.82, 2.24) is 9.97 Å². The van der Waals surface area contributed by atoms with E-state index in [0.29, 0.717) is 22.5 Å². The molecule has 0 saturated heterocycles. The van der Waals surface area contributed by atoms with Crippen LogP contribution in [0.25, 0.3) is 0 Å². The van der Waals surface area contributed by atoms with Crippen LogP contribution in [0, 0.1) is 20.8 Å². The third-order valence-electron chi connectivity index (χ3n) is 6.19. The molecule has 0 aliphatic rings. The van der Waals surface area contributed by atoms with Crippen LogP contribution in [0.2, 0.25) is 0 Å². The van der Waals surface area contributed by atoms with E-state index >= 15 is 0 Å². The lowest BCUT2D eigenvalue weighted by Crippen LogP contribution is -2.52. The average Bonchev–Trinajstić information content (AvgIpc) is 2.89. The van der Waals surface area contributed by atoms with Gasteiger partial charge in [-0.05, 0) is 50.1 Å². The maximum absolute atomic E-state index is 13.3. The molecule has 8 nitrogen and oxygen atoms in total. The number of aliphatic carboxylic acids is 1. The number of rotatable bonds is 10. The normalized spacial score (nSPS) is 12.6. The monoisotopic (exact) mass is 532 g/mol. The van der Waals surface area contributed by atoms with Gasteiger partial charge in [-0.15, -0.1) is 0 Å². The Bertz CT molecular complexity index is 1450. The molecule has 0 amide bonds. The van der Waals surface area contributed by atoms with E-state index in [2.05, 4.69) is 9.97 Å². The van der Waals surface area contributed by atoms with Gasteiger partial charge in [-0.25, -0.2) is 14.8 Å². The van der Waals surface area contributed by atoms with E-state index in [1.807, 2.05) is 6.92 Å². The number of carbonyl (C=O) groups is 1. The van der Waals surface area contributed by atoms with Crippen molar-refractivity contribution in [3.8, 4) is 6.01 Å². The molecule has 3 aromatic carbocycles. The molecule has 4 aromatic rings. The van der Waals surface area contributed by atoms with E-state index < -0.39 is 34.2 Å². The van der Waals surface area contributed by atoms with Gasteiger partial charge in [0.15, 0.2) is 0 Å². The molecule has 38 heavy (non-hydrogen) atoms. The predicted octanol–water partition coefficient (Wildman–Crippen LogP) is 4.63. The fourth-order valence-corrected chi connectivity index (χ4v) is 5.29. The van der Waals surface area contributed by atoms with Crippen LogP contribution in [0.4, 0.5) is 0 Å². The highest BCUT2D eigenvalue weighted by Gasteiger charge is 2.50. The standard InChI is InChI=1S/C29H28N2O6S/c1-20-14-16-25(17-15-20)38(34,35)36-19-29(23-10-6-4-7-11-23,24-12-8-5-9-13-24)26(27(32)33)37-28-30-21(2)18-22(3)31-28/h4-18,26H,19H2,1-3H3,(H,32,33). The maximum Gasteiger partial charge on any atom is 0.346 e. The summed E-state index contributed by atoms with van der Waals surface area (Å²) in [6, 6.07) is 25.3. The van der Waals surface area contributed by atoms with Gasteiger partial charge in [0.2, 0.25) is 6.10 Å². The number of carboxylic acids is 1. The summed E-state index contributed by atoms with van der Waals surface area (Å²) in [6.07, 6.45) is -1.65. The molecule has 4 rings (SSSR count). The largest absolute Gasteiger partial charge is 0.478 e. The van der Waals surface area contributed by atoms with Gasteiger partial charge >= 0.3 is 12.0 Å². The van der Waals surface area contributed by atoms with Crippen LogP contribution < -0.4 is 4.74 Å². The van der Waals surface area contributed by atoms with E-state index in [1.54, 1.807) is 92.7 Å². The zero-order valence-corrected chi connectivity index (χ0v) is 22.1. The summed E-state index contributed by atoms with van der Waals surface area (Å²) < 4.78 is 38.2. The number of hydrogen-bond acceptors (Lipinski definition) is 7. The average molecular weight is 533 g/mol. The predicted molar refractivity (Wildman–Crippen MR) is 142 cm³/mol. The van der Waals surface area contributed by atoms with Crippen molar-refractivity contribution in [3.05, 3.63) is 119 Å². The summed E-state index contributed by atoms with van der Waals surface area (Å²) >= 11 is 0. The Morgan fingerprint density at radius 1 is 0.842 bits per heavy atom. The minimum atomic E-state index is -4.25. The van der Waals surface area contributed by atoms with Gasteiger partial charge in [-0.3, -0.25) is 4.18 Å². The Kier molecular flexibility index (Phi) is 7.89. The molecule has 1 unspecified atom stereocenters. The summed E-state index contributed by atoms with van der Waals surface area (Å²) in [6.45, 7) is 4.78. The Morgan fingerprint density at radius 3 is 1.82 bits per heavy atom. The van der Waals surface area contributed by atoms with Crippen molar-refractivity contribution >= 4 is 16.1 Å². The lowest BCUT2D eigenvalue weighted by Gasteiger charge is -2.38. The van der Waals surface area contributed by atoms with E-state index in [9.17, 15) is 18.3 Å². The second-order valence-corrected chi connectivity index (χ2v) is 10.6. The van der Waals surface area contributed by atoms with E-state index in [-0.39, 0.29) is 10.9 Å². The van der Waals surface area contributed by atoms with Crippen LogP contribution in [-0.2, 0) is 24.5 Å². The van der Waals surface area contributed by atoms with Gasteiger partial charge in [0.25, 0.3) is 10.1 Å². The fraction of sp³-hybridized carbons (Fsp3) is 0.207. The Hall–Kier alpha value is -4.08. The van der Waals surface area contributed by atoms with Crippen molar-refractivity contribution in [2.45, 2.75) is 37.2 Å². The number of ether oxygens (including phenoxy) is 1. The molecule has 0 saturated carbocycles. The molecular formula is C29H28N2O6S. The number of aromatic nitrogens is 2. The number of carboxylic acid groups (broad SMARTS) is 1. The molecule has 0 radical (unpaired) electrons. The van der Waals surface area contributed by atoms with Gasteiger partial charge in [0, 0.05) is 11.4 Å². The molecule has 0 aliphatic heterocycles. The molecular weight excluding hydrogens is 504 g/mol. The van der Waals surface area contributed by atoms with Crippen LogP contribution >= 0.6 is 0 Å². The van der Waals surface area contributed by atoms with Crippen LogP contribution in [0.5, 0.6) is 6.01 Å². The minimum absolute atomic E-state index is 0.0384. The summed E-state index contributed by atoms with van der Waals surface area (Å²) in [5, 5.41) is 10.5. The summed E-state index contributed by atoms with van der Waals surface area (Å²) in [5.41, 5.74) is 1.45. The third-order valence-corrected chi connectivity index (χ3v) is 7.46. The number of hydrogen-bond donors (Lipinski definition) is 1. The van der Waals surface area contributed by atoms with Crippen LogP contribution in [-0.4, -0.2) is 42.2 Å². The van der Waals surface area contributed by atoms with Gasteiger partial charge in [0.05, 0.1) is 16.9 Å². The Labute approximate surface area is 222 Å². The zero-order valence-electron chi connectivity index (χ0n) is 21.2. The smallest absolute Gasteiger partial charge is 0.346 e. The van der Waals surface area contributed by atoms with Crippen molar-refractivity contribution in [2.75, 3.05) is 6.61 Å².